The molecule has 0 radical (unpaired) electrons. The molecule has 4 nitrogen and oxygen atoms in total. The van der Waals surface area contributed by atoms with Crippen LogP contribution >= 0.6 is 12.2 Å². The first-order valence-corrected chi connectivity index (χ1v) is 6.00. The van der Waals surface area contributed by atoms with Crippen LogP contribution in [0.15, 0.2) is 0 Å². The molecule has 0 fully saturated rings. The van der Waals surface area contributed by atoms with Crippen molar-refractivity contribution in [2.45, 2.75) is 32.9 Å². The smallest absolute Gasteiger partial charge is 0.169 e. The fourth-order valence-corrected chi connectivity index (χ4v) is 1.43. The maximum Gasteiger partial charge on any atom is 0.169 e. The number of hydrogen-bond acceptors (Lipinski definition) is 3. The molecule has 0 rings (SSSR count). The van der Waals surface area contributed by atoms with Crippen molar-refractivity contribution in [1.82, 2.24) is 10.2 Å². The molecule has 5 heteroatoms. The number of likely N-dealkylation sites (N-methyl/N-ethyl adjacent to an activating group) is 1. The molecule has 0 bridgehead atoms. The predicted molar refractivity (Wildman–Crippen MR) is 70.8 cm³/mol. The molecule has 0 aromatic carbocycles. The van der Waals surface area contributed by atoms with E-state index in [2.05, 4.69) is 5.32 Å². The predicted octanol–water partition coefficient (Wildman–Crippen LogP) is 1.25. The van der Waals surface area contributed by atoms with Gasteiger partial charge in [-0.15, -0.1) is 0 Å². The Morgan fingerprint density at radius 2 is 2.00 bits per heavy atom. The van der Waals surface area contributed by atoms with Gasteiger partial charge in [-0.3, -0.25) is 0 Å². The number of methoxy groups -OCH3 is 1. The maximum absolute atomic E-state index is 5.46. The normalized spacial score (nSPS) is 12.6. The van der Waals surface area contributed by atoms with E-state index in [0.717, 1.165) is 11.7 Å². The molecule has 0 aromatic rings. The number of hydrogen-bond donors (Lipinski definition) is 1. The zero-order chi connectivity index (χ0) is 12.6. The fraction of sp³-hybridized carbons (Fsp3) is 0.909. The van der Waals surface area contributed by atoms with E-state index < -0.39 is 0 Å². The van der Waals surface area contributed by atoms with Crippen molar-refractivity contribution in [1.29, 1.82) is 0 Å². The molecule has 0 aromatic heterocycles. The van der Waals surface area contributed by atoms with Crippen LogP contribution in [0.3, 0.4) is 0 Å². The Kier molecular flexibility index (Phi) is 8.51. The second kappa shape index (κ2) is 8.73. The van der Waals surface area contributed by atoms with Crippen LogP contribution in [-0.2, 0) is 9.47 Å². The third-order valence-electron chi connectivity index (χ3n) is 2.01. The summed E-state index contributed by atoms with van der Waals surface area (Å²) < 4.78 is 10.5. The van der Waals surface area contributed by atoms with Crippen LogP contribution in [0.2, 0.25) is 0 Å². The highest BCUT2D eigenvalue weighted by atomic mass is 32.1. The summed E-state index contributed by atoms with van der Waals surface area (Å²) in [6, 6.07) is 0.228. The Bertz CT molecular complexity index is 200. The minimum absolute atomic E-state index is 0.228. The molecule has 0 heterocycles. The summed E-state index contributed by atoms with van der Waals surface area (Å²) in [4.78, 5) is 1.98. The zero-order valence-electron chi connectivity index (χ0n) is 10.9. The molecular weight excluding hydrogens is 224 g/mol. The first kappa shape index (κ1) is 15.6. The van der Waals surface area contributed by atoms with E-state index >= 15 is 0 Å². The second-order valence-corrected chi connectivity index (χ2v) is 4.53. The van der Waals surface area contributed by atoms with Gasteiger partial charge in [-0.05, 0) is 33.0 Å². The summed E-state index contributed by atoms with van der Waals surface area (Å²) in [5, 5.41) is 3.93. The highest BCUT2D eigenvalue weighted by Crippen LogP contribution is 1.92. The van der Waals surface area contributed by atoms with E-state index in [0.29, 0.717) is 13.2 Å². The van der Waals surface area contributed by atoms with E-state index in [1.54, 1.807) is 7.11 Å². The van der Waals surface area contributed by atoms with Crippen molar-refractivity contribution in [2.75, 3.05) is 33.9 Å². The molecule has 0 saturated carbocycles. The van der Waals surface area contributed by atoms with Crippen LogP contribution in [0.1, 0.15) is 20.8 Å². The topological polar surface area (TPSA) is 33.7 Å². The first-order valence-electron chi connectivity index (χ1n) is 5.59. The van der Waals surface area contributed by atoms with Crippen molar-refractivity contribution in [3.05, 3.63) is 0 Å². The summed E-state index contributed by atoms with van der Waals surface area (Å²) in [6.45, 7) is 8.22. The number of nitrogens with one attached hydrogen (secondary N) is 1. The Balaban J connectivity index is 3.72. The Morgan fingerprint density at radius 1 is 1.38 bits per heavy atom. The van der Waals surface area contributed by atoms with Gasteiger partial charge in [0.05, 0.1) is 19.3 Å². The molecule has 1 atom stereocenters. The van der Waals surface area contributed by atoms with Crippen LogP contribution in [-0.4, -0.2) is 56.1 Å². The van der Waals surface area contributed by atoms with Gasteiger partial charge in [-0.2, -0.15) is 0 Å². The van der Waals surface area contributed by atoms with Gasteiger partial charge in [0.2, 0.25) is 0 Å². The summed E-state index contributed by atoms with van der Waals surface area (Å²) in [6.07, 6.45) is 0.266. The van der Waals surface area contributed by atoms with Gasteiger partial charge >= 0.3 is 0 Å². The Labute approximate surface area is 104 Å². The number of ether oxygens (including phenoxy) is 2. The van der Waals surface area contributed by atoms with Crippen LogP contribution in [0.25, 0.3) is 0 Å². The second-order valence-electron chi connectivity index (χ2n) is 4.15. The molecule has 0 aliphatic rings. The molecule has 0 saturated heterocycles. The van der Waals surface area contributed by atoms with Gasteiger partial charge in [0, 0.05) is 26.7 Å². The third-order valence-corrected chi connectivity index (χ3v) is 2.44. The molecule has 0 aliphatic heterocycles. The molecular formula is C11H24N2O2S. The van der Waals surface area contributed by atoms with E-state index in [9.17, 15) is 0 Å². The van der Waals surface area contributed by atoms with Gasteiger partial charge in [0.15, 0.2) is 5.11 Å². The van der Waals surface area contributed by atoms with Crippen LogP contribution in [0.4, 0.5) is 0 Å². The molecule has 0 amide bonds. The molecule has 1 unspecified atom stereocenters. The third kappa shape index (κ3) is 7.84. The highest BCUT2D eigenvalue weighted by molar-refractivity contribution is 7.80. The lowest BCUT2D eigenvalue weighted by molar-refractivity contribution is 0.0722. The van der Waals surface area contributed by atoms with E-state index in [4.69, 9.17) is 21.7 Å². The minimum atomic E-state index is 0.228. The quantitative estimate of drug-likeness (QED) is 0.686. The van der Waals surface area contributed by atoms with Crippen molar-refractivity contribution < 1.29 is 9.47 Å². The van der Waals surface area contributed by atoms with Crippen molar-refractivity contribution in [3.63, 3.8) is 0 Å². The van der Waals surface area contributed by atoms with Crippen LogP contribution in [0.5, 0.6) is 0 Å². The molecule has 16 heavy (non-hydrogen) atoms. The van der Waals surface area contributed by atoms with E-state index in [1.807, 2.05) is 32.7 Å². The van der Waals surface area contributed by atoms with Crippen LogP contribution < -0.4 is 5.32 Å². The maximum atomic E-state index is 5.46. The van der Waals surface area contributed by atoms with E-state index in [1.165, 1.54) is 0 Å². The van der Waals surface area contributed by atoms with Gasteiger partial charge in [0.25, 0.3) is 0 Å². The van der Waals surface area contributed by atoms with Gasteiger partial charge in [-0.1, -0.05) is 0 Å². The largest absolute Gasteiger partial charge is 0.383 e. The van der Waals surface area contributed by atoms with E-state index in [-0.39, 0.29) is 12.1 Å². The van der Waals surface area contributed by atoms with Crippen molar-refractivity contribution in [2.24, 2.45) is 0 Å². The van der Waals surface area contributed by atoms with Crippen molar-refractivity contribution >= 4 is 17.3 Å². The number of rotatable bonds is 7. The Hall–Kier alpha value is -0.390. The van der Waals surface area contributed by atoms with Gasteiger partial charge in [-0.25, -0.2) is 0 Å². The Morgan fingerprint density at radius 3 is 2.50 bits per heavy atom. The summed E-state index contributed by atoms with van der Waals surface area (Å²) in [5.41, 5.74) is 0. The molecule has 96 valence electrons. The lowest BCUT2D eigenvalue weighted by Gasteiger charge is -2.24. The number of thiocarbonyl (C=S) groups is 1. The summed E-state index contributed by atoms with van der Waals surface area (Å²) in [7, 11) is 3.64. The lowest BCUT2D eigenvalue weighted by Crippen LogP contribution is -2.44. The summed E-state index contributed by atoms with van der Waals surface area (Å²) >= 11 is 5.25. The van der Waals surface area contributed by atoms with Crippen LogP contribution in [0, 0.1) is 0 Å². The minimum Gasteiger partial charge on any atom is -0.383 e. The standard InChI is InChI=1S/C11H24N2O2S/c1-9(2)15-7-6-13(4)11(16)12-10(3)8-14-5/h9-10H,6-8H2,1-5H3,(H,12,16). The average molecular weight is 248 g/mol. The lowest BCUT2D eigenvalue weighted by atomic mass is 10.4. The first-order chi connectivity index (χ1) is 7.47. The fourth-order valence-electron chi connectivity index (χ4n) is 1.14. The summed E-state index contributed by atoms with van der Waals surface area (Å²) in [5.74, 6) is 0. The monoisotopic (exact) mass is 248 g/mol. The van der Waals surface area contributed by atoms with Gasteiger partial charge in [0.1, 0.15) is 0 Å². The number of nitrogens with zero attached hydrogens (tertiary/aromatic N) is 1. The van der Waals surface area contributed by atoms with Crippen molar-refractivity contribution in [3.8, 4) is 0 Å². The molecule has 0 aliphatic carbocycles. The molecule has 0 spiro atoms. The van der Waals surface area contributed by atoms with Gasteiger partial charge < -0.3 is 19.7 Å². The zero-order valence-corrected chi connectivity index (χ0v) is 11.8. The SMILES string of the molecule is COCC(C)NC(=S)N(C)CCOC(C)C. The average Bonchev–Trinajstić information content (AvgIpc) is 2.17. The molecule has 1 N–H and O–H groups in total. The highest BCUT2D eigenvalue weighted by Gasteiger charge is 2.07.